The topological polar surface area (TPSA) is 116 Å². The van der Waals surface area contributed by atoms with Gasteiger partial charge in [-0.3, -0.25) is 5.10 Å². The first kappa shape index (κ1) is 12.7. The van der Waals surface area contributed by atoms with Crippen LogP contribution in [0.1, 0.15) is 11.3 Å². The fourth-order valence-corrected chi connectivity index (χ4v) is 2.61. The lowest BCUT2D eigenvalue weighted by molar-refractivity contribution is 0.574. The lowest BCUT2D eigenvalue weighted by atomic mass is 10.4. The van der Waals surface area contributed by atoms with E-state index in [4.69, 9.17) is 0 Å². The molecule has 98 valence electrons. The van der Waals surface area contributed by atoms with Crippen LogP contribution in [0.4, 0.5) is 0 Å². The second kappa shape index (κ2) is 5.29. The first-order chi connectivity index (χ1) is 8.63. The maximum absolute atomic E-state index is 12.0. The molecule has 0 aliphatic carbocycles. The molecule has 8 nitrogen and oxygen atoms in total. The summed E-state index contributed by atoms with van der Waals surface area (Å²) in [5.74, 6) is 0. The third-order valence-corrected chi connectivity index (χ3v) is 3.74. The van der Waals surface area contributed by atoms with E-state index < -0.39 is 10.0 Å². The zero-order valence-electron chi connectivity index (χ0n) is 9.77. The number of aromatic nitrogens is 4. The normalized spacial score (nSPS) is 11.8. The van der Waals surface area contributed by atoms with Gasteiger partial charge in [-0.15, -0.1) is 0 Å². The summed E-state index contributed by atoms with van der Waals surface area (Å²) in [6.45, 7) is 0.581. The third-order valence-electron chi connectivity index (χ3n) is 2.32. The fourth-order valence-electron chi connectivity index (χ4n) is 1.47. The summed E-state index contributed by atoms with van der Waals surface area (Å²) in [6.07, 6.45) is 4.54. The van der Waals surface area contributed by atoms with E-state index in [2.05, 4.69) is 30.2 Å². The highest BCUT2D eigenvalue weighted by atomic mass is 32.2. The number of sulfonamides is 1. The van der Waals surface area contributed by atoms with Gasteiger partial charge in [0.1, 0.15) is 0 Å². The van der Waals surface area contributed by atoms with Crippen molar-refractivity contribution in [2.24, 2.45) is 0 Å². The quantitative estimate of drug-likeness (QED) is 0.555. The molecule has 0 spiro atoms. The van der Waals surface area contributed by atoms with Gasteiger partial charge in [0.2, 0.25) is 0 Å². The summed E-state index contributed by atoms with van der Waals surface area (Å²) in [5.41, 5.74) is 1.28. The van der Waals surface area contributed by atoms with Crippen molar-refractivity contribution in [1.82, 2.24) is 30.2 Å². The van der Waals surface area contributed by atoms with E-state index in [0.717, 1.165) is 0 Å². The van der Waals surface area contributed by atoms with Crippen LogP contribution in [-0.2, 0) is 23.1 Å². The van der Waals surface area contributed by atoms with Crippen molar-refractivity contribution in [3.8, 4) is 0 Å². The second-order valence-electron chi connectivity index (χ2n) is 3.66. The summed E-state index contributed by atoms with van der Waals surface area (Å²) in [5, 5.41) is 9.21. The number of nitrogens with zero attached hydrogens (tertiary/aromatic N) is 2. The van der Waals surface area contributed by atoms with E-state index in [1.54, 1.807) is 13.2 Å². The third kappa shape index (κ3) is 2.75. The molecule has 0 unspecified atom stereocenters. The van der Waals surface area contributed by atoms with E-state index in [1.165, 1.54) is 12.5 Å². The van der Waals surface area contributed by atoms with Gasteiger partial charge in [-0.1, -0.05) is 0 Å². The van der Waals surface area contributed by atoms with Gasteiger partial charge >= 0.3 is 0 Å². The van der Waals surface area contributed by atoms with E-state index in [-0.39, 0.29) is 11.6 Å². The number of aromatic amines is 2. The van der Waals surface area contributed by atoms with E-state index >= 15 is 0 Å². The van der Waals surface area contributed by atoms with Gasteiger partial charge in [0.15, 0.2) is 5.03 Å². The van der Waals surface area contributed by atoms with Crippen molar-refractivity contribution < 1.29 is 8.42 Å². The molecule has 2 aromatic rings. The van der Waals surface area contributed by atoms with Gasteiger partial charge in [0.25, 0.3) is 10.0 Å². The minimum atomic E-state index is -3.60. The summed E-state index contributed by atoms with van der Waals surface area (Å²) < 4.78 is 26.5. The van der Waals surface area contributed by atoms with Crippen molar-refractivity contribution in [3.63, 3.8) is 0 Å². The zero-order chi connectivity index (χ0) is 13.0. The number of hydrogen-bond acceptors (Lipinski definition) is 5. The largest absolute Gasteiger partial charge is 0.347 e. The molecule has 2 aromatic heterocycles. The highest BCUT2D eigenvalue weighted by Crippen LogP contribution is 2.11. The maximum atomic E-state index is 12.0. The average molecular weight is 270 g/mol. The number of rotatable bonds is 6. The molecule has 0 fully saturated rings. The number of H-pyrrole nitrogens is 2. The molecule has 0 radical (unpaired) electrons. The summed E-state index contributed by atoms with van der Waals surface area (Å²) in [7, 11) is -1.86. The van der Waals surface area contributed by atoms with Crippen LogP contribution in [0, 0.1) is 0 Å². The molecule has 0 bridgehead atoms. The Morgan fingerprint density at radius 2 is 2.17 bits per heavy atom. The van der Waals surface area contributed by atoms with Crippen molar-refractivity contribution in [2.45, 2.75) is 18.1 Å². The van der Waals surface area contributed by atoms with Gasteiger partial charge in [-0.05, 0) is 7.05 Å². The highest BCUT2D eigenvalue weighted by Gasteiger charge is 2.20. The Bertz CT molecular complexity index is 588. The first-order valence-corrected chi connectivity index (χ1v) is 6.75. The molecular weight excluding hydrogens is 256 g/mol. The molecule has 18 heavy (non-hydrogen) atoms. The zero-order valence-corrected chi connectivity index (χ0v) is 10.6. The lowest BCUT2D eigenvalue weighted by Gasteiger charge is -2.05. The predicted octanol–water partition coefficient (Wildman–Crippen LogP) is -0.669. The molecule has 0 amide bonds. The SMILES string of the molecule is CNCc1cn[nH]c1S(=O)(=O)NCc1cnc[nH]1. The monoisotopic (exact) mass is 270 g/mol. The smallest absolute Gasteiger partial charge is 0.258 e. The van der Waals surface area contributed by atoms with Gasteiger partial charge in [-0.2, -0.15) is 5.10 Å². The maximum Gasteiger partial charge on any atom is 0.258 e. The summed E-state index contributed by atoms with van der Waals surface area (Å²) >= 11 is 0. The Morgan fingerprint density at radius 1 is 1.33 bits per heavy atom. The molecular formula is C9H14N6O2S. The number of hydrogen-bond donors (Lipinski definition) is 4. The molecule has 0 saturated carbocycles. The second-order valence-corrected chi connectivity index (χ2v) is 5.36. The minimum Gasteiger partial charge on any atom is -0.347 e. The van der Waals surface area contributed by atoms with E-state index in [1.807, 2.05) is 0 Å². The van der Waals surface area contributed by atoms with Crippen molar-refractivity contribution in [3.05, 3.63) is 30.0 Å². The molecule has 9 heteroatoms. The first-order valence-electron chi connectivity index (χ1n) is 5.27. The van der Waals surface area contributed by atoms with Crippen LogP contribution in [0.3, 0.4) is 0 Å². The van der Waals surface area contributed by atoms with E-state index in [9.17, 15) is 8.42 Å². The molecule has 4 N–H and O–H groups in total. The molecule has 0 aliphatic rings. The number of imidazole rings is 1. The van der Waals surface area contributed by atoms with Gasteiger partial charge in [0, 0.05) is 24.0 Å². The van der Waals surface area contributed by atoms with E-state index in [0.29, 0.717) is 17.8 Å². The standard InChI is InChI=1S/C9H14N6O2S/c1-10-2-7-3-13-15-9(7)18(16,17)14-5-8-4-11-6-12-8/h3-4,6,10,14H,2,5H2,1H3,(H,11,12)(H,13,15). The molecule has 0 atom stereocenters. The van der Waals surface area contributed by atoms with Crippen molar-refractivity contribution in [1.29, 1.82) is 0 Å². The fraction of sp³-hybridized carbons (Fsp3) is 0.333. The number of nitrogens with one attached hydrogen (secondary N) is 4. The highest BCUT2D eigenvalue weighted by molar-refractivity contribution is 7.89. The summed E-state index contributed by atoms with van der Waals surface area (Å²) in [6, 6.07) is 0. The lowest BCUT2D eigenvalue weighted by Crippen LogP contribution is -2.25. The van der Waals surface area contributed by atoms with Crippen LogP contribution in [0.2, 0.25) is 0 Å². The molecule has 0 aromatic carbocycles. The predicted molar refractivity (Wildman–Crippen MR) is 64.0 cm³/mol. The molecule has 0 saturated heterocycles. The molecule has 2 heterocycles. The van der Waals surface area contributed by atoms with Crippen LogP contribution < -0.4 is 10.0 Å². The molecule has 0 aliphatic heterocycles. The van der Waals surface area contributed by atoms with Gasteiger partial charge in [0.05, 0.1) is 19.1 Å². The van der Waals surface area contributed by atoms with Crippen molar-refractivity contribution >= 4 is 10.0 Å². The van der Waals surface area contributed by atoms with Crippen LogP contribution in [0.5, 0.6) is 0 Å². The average Bonchev–Trinajstić information content (AvgIpc) is 2.97. The van der Waals surface area contributed by atoms with Gasteiger partial charge < -0.3 is 10.3 Å². The minimum absolute atomic E-state index is 0.0800. The Labute approximate surface area is 104 Å². The van der Waals surface area contributed by atoms with Gasteiger partial charge in [-0.25, -0.2) is 18.1 Å². The Hall–Kier alpha value is -1.71. The van der Waals surface area contributed by atoms with Crippen LogP contribution >= 0.6 is 0 Å². The van der Waals surface area contributed by atoms with Crippen LogP contribution in [-0.4, -0.2) is 35.6 Å². The summed E-state index contributed by atoms with van der Waals surface area (Å²) in [4.78, 5) is 6.63. The Balaban J connectivity index is 2.12. The molecule has 2 rings (SSSR count). The van der Waals surface area contributed by atoms with Crippen molar-refractivity contribution in [2.75, 3.05) is 7.05 Å². The Kier molecular flexibility index (Phi) is 3.75. The van der Waals surface area contributed by atoms with Crippen LogP contribution in [0.15, 0.2) is 23.7 Å². The Morgan fingerprint density at radius 3 is 2.83 bits per heavy atom. The van der Waals surface area contributed by atoms with Crippen LogP contribution in [0.25, 0.3) is 0 Å².